The number of pyridine rings is 2. The average Bonchev–Trinajstić information content (AvgIpc) is 3.45. The van der Waals surface area contributed by atoms with Crippen molar-refractivity contribution in [2.45, 2.75) is 68.5 Å². The van der Waals surface area contributed by atoms with Gasteiger partial charge in [0.05, 0.1) is 31.9 Å². The molecule has 2 atom stereocenters. The zero-order valence-corrected chi connectivity index (χ0v) is 23.6. The normalized spacial score (nSPS) is 25.1. The summed E-state index contributed by atoms with van der Waals surface area (Å²) in [4.78, 5) is 47.3. The molecular weight excluding hydrogens is 554 g/mol. The Morgan fingerprint density at radius 1 is 1.16 bits per heavy atom. The summed E-state index contributed by atoms with van der Waals surface area (Å²) in [5.74, 6) is 0.412. The molecule has 0 bridgehead atoms. The Bertz CT molecular complexity index is 1960. The van der Waals surface area contributed by atoms with Crippen LogP contribution in [0.2, 0.25) is 0 Å². The highest BCUT2D eigenvalue weighted by Gasteiger charge is 2.52. The number of fused-ring (bicyclic) bond motifs is 2. The molecule has 4 aromatic rings. The highest BCUT2D eigenvalue weighted by Crippen LogP contribution is 2.45. The summed E-state index contributed by atoms with van der Waals surface area (Å²) >= 11 is 0. The lowest BCUT2D eigenvalue weighted by Gasteiger charge is -2.23. The molecule has 2 unspecified atom stereocenters. The molecule has 1 aliphatic heterocycles. The highest BCUT2D eigenvalue weighted by molar-refractivity contribution is 5.90. The third-order valence-corrected chi connectivity index (χ3v) is 8.93. The number of hydrogen-bond acceptors (Lipinski definition) is 9. The van der Waals surface area contributed by atoms with Crippen molar-refractivity contribution in [3.05, 3.63) is 40.6 Å². The summed E-state index contributed by atoms with van der Waals surface area (Å²) < 4.78 is 46.9. The zero-order chi connectivity index (χ0) is 33.3. The lowest BCUT2D eigenvalue weighted by atomic mass is 9.90. The molecule has 3 aliphatic rings. The minimum atomic E-state index is -2.79. The van der Waals surface area contributed by atoms with E-state index in [2.05, 4.69) is 25.5 Å². The van der Waals surface area contributed by atoms with Gasteiger partial charge in [0.2, 0.25) is 5.91 Å². The molecule has 3 fully saturated rings. The number of nitrogens with two attached hydrogens (primary N) is 1. The molecule has 43 heavy (non-hydrogen) atoms. The first-order chi connectivity index (χ1) is 22.3. The molecule has 14 nitrogen and oxygen atoms in total. The third kappa shape index (κ3) is 4.60. The van der Waals surface area contributed by atoms with E-state index in [1.54, 1.807) is 16.9 Å². The number of amides is 2. The van der Waals surface area contributed by atoms with E-state index in [1.165, 1.54) is 17.9 Å². The van der Waals surface area contributed by atoms with Gasteiger partial charge in [-0.1, -0.05) is 0 Å². The molecule has 1 saturated heterocycles. The van der Waals surface area contributed by atoms with Crippen LogP contribution in [0.1, 0.15) is 68.0 Å². The summed E-state index contributed by atoms with van der Waals surface area (Å²) in [7, 11) is 1.20. The van der Waals surface area contributed by atoms with E-state index in [0.717, 1.165) is 28.4 Å². The number of aromatic nitrogens is 6. The fourth-order valence-corrected chi connectivity index (χ4v) is 6.46. The molecule has 0 aromatic carbocycles. The third-order valence-electron chi connectivity index (χ3n) is 8.93. The van der Waals surface area contributed by atoms with Crippen molar-refractivity contribution in [2.24, 2.45) is 12.7 Å². The average molecular weight is 594 g/mol. The summed E-state index contributed by atoms with van der Waals surface area (Å²) in [5, 5.41) is 11.1. The second-order valence-electron chi connectivity index (χ2n) is 11.5. The second-order valence-corrected chi connectivity index (χ2v) is 11.5. The van der Waals surface area contributed by atoms with Crippen molar-refractivity contribution in [1.29, 1.82) is 0 Å². The molecule has 226 valence electrons. The number of imidazole rings is 1. The van der Waals surface area contributed by atoms with Gasteiger partial charge in [-0.3, -0.25) is 13.9 Å². The van der Waals surface area contributed by atoms with Gasteiger partial charge in [-0.2, -0.15) is 5.10 Å². The number of anilines is 2. The van der Waals surface area contributed by atoms with Gasteiger partial charge in [-0.05, 0) is 62.5 Å². The Morgan fingerprint density at radius 2 is 1.98 bits per heavy atom. The minimum absolute atomic E-state index is 0.0610. The first-order valence-electron chi connectivity index (χ1n) is 16.4. The van der Waals surface area contributed by atoms with Crippen LogP contribution in [0.3, 0.4) is 0 Å². The van der Waals surface area contributed by atoms with Gasteiger partial charge in [-0.25, -0.2) is 24.2 Å². The Morgan fingerprint density at radius 3 is 2.70 bits per heavy atom. The molecule has 4 aromatic heterocycles. The van der Waals surface area contributed by atoms with Crippen molar-refractivity contribution in [3.8, 4) is 0 Å². The number of carbonyl (C=O) groups excluding carboxylic acids is 2. The maximum Gasteiger partial charge on any atom is 0.407 e. The number of aryl methyl sites for hydroxylation is 1. The number of methoxy groups -OCH3 is 1. The smallest absolute Gasteiger partial charge is 0.407 e. The number of carbonyl (C=O) groups is 2. The zero-order valence-electron chi connectivity index (χ0n) is 27.6. The van der Waals surface area contributed by atoms with Crippen molar-refractivity contribution in [2.75, 3.05) is 25.6 Å². The highest BCUT2D eigenvalue weighted by atomic mass is 16.5. The number of hydrogen-bond donors (Lipinski definition) is 3. The van der Waals surface area contributed by atoms with E-state index in [1.807, 2.05) is 6.07 Å². The van der Waals surface area contributed by atoms with E-state index in [0.29, 0.717) is 55.3 Å². The van der Waals surface area contributed by atoms with Crippen LogP contribution in [0, 0.1) is 0 Å². The first kappa shape index (κ1) is 23.1. The molecule has 2 aliphatic carbocycles. The van der Waals surface area contributed by atoms with Crippen molar-refractivity contribution in [3.63, 3.8) is 0 Å². The van der Waals surface area contributed by atoms with Crippen LogP contribution in [-0.2, 0) is 26.8 Å². The molecule has 4 N–H and O–H groups in total. The first-order valence-corrected chi connectivity index (χ1v) is 14.4. The lowest BCUT2D eigenvalue weighted by molar-refractivity contribution is -0.122. The number of nitrogens with one attached hydrogen (secondary N) is 2. The summed E-state index contributed by atoms with van der Waals surface area (Å²) in [5.41, 5.74) is 6.01. The van der Waals surface area contributed by atoms with E-state index in [-0.39, 0.29) is 24.3 Å². The largest absolute Gasteiger partial charge is 0.453 e. The van der Waals surface area contributed by atoms with E-state index < -0.39 is 42.3 Å². The van der Waals surface area contributed by atoms with Crippen molar-refractivity contribution in [1.82, 2.24) is 34.2 Å². The Labute approximate surface area is 252 Å². The van der Waals surface area contributed by atoms with Crippen LogP contribution in [0.15, 0.2) is 29.3 Å². The maximum atomic E-state index is 13.7. The van der Waals surface area contributed by atoms with Gasteiger partial charge < -0.3 is 25.8 Å². The quantitative estimate of drug-likeness (QED) is 0.291. The number of nitrogens with zero attached hydrogens (tertiary/aromatic N) is 6. The van der Waals surface area contributed by atoms with E-state index >= 15 is 0 Å². The number of rotatable bonds is 7. The fourth-order valence-electron chi connectivity index (χ4n) is 6.46. The Balaban J connectivity index is 1.31. The van der Waals surface area contributed by atoms with Crippen LogP contribution in [0.4, 0.5) is 16.4 Å². The number of ether oxygens (including phenoxy) is 2. The van der Waals surface area contributed by atoms with Crippen LogP contribution in [0.5, 0.6) is 0 Å². The Kier molecular flexibility index (Phi) is 5.56. The molecule has 0 radical (unpaired) electrons. The van der Waals surface area contributed by atoms with Gasteiger partial charge in [0.25, 0.3) is 0 Å². The summed E-state index contributed by atoms with van der Waals surface area (Å²) in [6.45, 7) is -1.56. The van der Waals surface area contributed by atoms with Gasteiger partial charge in [0.1, 0.15) is 17.2 Å². The Hall–Kier alpha value is -4.46. The maximum absolute atomic E-state index is 13.7. The van der Waals surface area contributed by atoms with E-state index in [9.17, 15) is 14.4 Å². The molecule has 14 heteroatoms. The predicted octanol–water partition coefficient (Wildman–Crippen LogP) is 2.54. The second kappa shape index (κ2) is 10.4. The van der Waals surface area contributed by atoms with Gasteiger partial charge in [0, 0.05) is 47.8 Å². The molecule has 2 amide bonds. The standard InChI is InChI=1S/C29H35N9O5/c1-36-22-15-31-23(13-21(22)37(28(36)41)18-4-3-17(11-18)33-27(40)42-2)34-24-12-19(16-5-9-43-10-6-16)20-14-32-38(25(20)35-24)29(7-8-29)26(30)39/h12-18H,3-11H2,1-2H3,(H2,30,39)(H,33,40)(H,31,34,35)/i1D3,17D. The molecule has 5 heterocycles. The minimum Gasteiger partial charge on any atom is -0.453 e. The number of alkyl carbamates (subject to hydrolysis) is 1. The predicted molar refractivity (Wildman–Crippen MR) is 157 cm³/mol. The molecule has 0 spiro atoms. The molecule has 7 rings (SSSR count). The van der Waals surface area contributed by atoms with Crippen LogP contribution >= 0.6 is 0 Å². The van der Waals surface area contributed by atoms with Crippen molar-refractivity contribution < 1.29 is 24.5 Å². The summed E-state index contributed by atoms with van der Waals surface area (Å²) in [6, 6.07) is 1.53. The van der Waals surface area contributed by atoms with E-state index in [4.69, 9.17) is 20.9 Å². The summed E-state index contributed by atoms with van der Waals surface area (Å²) in [6.07, 6.45) is 5.66. The molecule has 2 saturated carbocycles. The van der Waals surface area contributed by atoms with Crippen LogP contribution in [-0.4, -0.2) is 67.2 Å². The fraction of sp³-hybridized carbons (Fsp3) is 0.517. The van der Waals surface area contributed by atoms with Crippen LogP contribution in [0.25, 0.3) is 22.1 Å². The lowest BCUT2D eigenvalue weighted by Crippen LogP contribution is -2.35. The molecular formula is C29H35N9O5. The van der Waals surface area contributed by atoms with Crippen molar-refractivity contribution >= 4 is 45.7 Å². The topological polar surface area (TPSA) is 173 Å². The van der Waals surface area contributed by atoms with Gasteiger partial charge in [0.15, 0.2) is 5.65 Å². The number of primary amides is 1. The monoisotopic (exact) mass is 593 g/mol. The van der Waals surface area contributed by atoms with Gasteiger partial charge >= 0.3 is 11.8 Å². The SMILES string of the molecule is [2H]C1(NC(=O)OC)CCC(n2c(=O)n(C([2H])([2H])[2H])c3cnc(Nc4cc(C5CCOCC5)c5cnn(C6(C(N)=O)CC6)c5n4)cc32)C1. The van der Waals surface area contributed by atoms with Crippen LogP contribution < -0.4 is 22.1 Å². The van der Waals surface area contributed by atoms with Gasteiger partial charge in [-0.15, -0.1) is 0 Å².